The van der Waals surface area contributed by atoms with Gasteiger partial charge >= 0.3 is 0 Å². The van der Waals surface area contributed by atoms with E-state index in [1.807, 2.05) is 25.1 Å². The molecule has 0 aliphatic carbocycles. The number of rotatable bonds is 4. The molecule has 0 amide bonds. The van der Waals surface area contributed by atoms with Crippen molar-refractivity contribution in [3.8, 4) is 11.4 Å². The molecule has 1 aromatic heterocycles. The lowest BCUT2D eigenvalue weighted by atomic mass is 10.0. The summed E-state index contributed by atoms with van der Waals surface area (Å²) >= 11 is 3.47. The first-order valence-electron chi connectivity index (χ1n) is 5.93. The first kappa shape index (κ1) is 14.2. The topological polar surface area (TPSA) is 85.2 Å². The van der Waals surface area contributed by atoms with E-state index in [0.717, 1.165) is 15.6 Å². The Balaban J connectivity index is 2.23. The molecule has 1 heterocycles. The zero-order valence-corrected chi connectivity index (χ0v) is 12.4. The molecule has 0 saturated carbocycles. The van der Waals surface area contributed by atoms with Gasteiger partial charge in [0.25, 0.3) is 0 Å². The van der Waals surface area contributed by atoms with E-state index in [9.17, 15) is 5.11 Å². The predicted molar refractivity (Wildman–Crippen MR) is 75.6 cm³/mol. The zero-order valence-electron chi connectivity index (χ0n) is 10.9. The molecule has 0 fully saturated rings. The van der Waals surface area contributed by atoms with Gasteiger partial charge in [-0.1, -0.05) is 33.2 Å². The van der Waals surface area contributed by atoms with Crippen molar-refractivity contribution in [2.24, 2.45) is 5.73 Å². The smallest absolute Gasteiger partial charge is 0.229 e. The average molecular weight is 326 g/mol. The van der Waals surface area contributed by atoms with Gasteiger partial charge in [0.15, 0.2) is 0 Å². The van der Waals surface area contributed by atoms with Crippen molar-refractivity contribution in [2.75, 3.05) is 6.54 Å². The van der Waals surface area contributed by atoms with Crippen molar-refractivity contribution in [1.82, 2.24) is 10.1 Å². The molecule has 0 aliphatic heterocycles. The Labute approximate surface area is 119 Å². The Kier molecular flexibility index (Phi) is 4.03. The maximum atomic E-state index is 9.88. The molecule has 1 unspecified atom stereocenters. The Morgan fingerprint density at radius 2 is 2.21 bits per heavy atom. The maximum Gasteiger partial charge on any atom is 0.229 e. The number of nitrogens with zero attached hydrogens (tertiary/aromatic N) is 2. The largest absolute Gasteiger partial charge is 0.388 e. The number of hydrogen-bond acceptors (Lipinski definition) is 5. The van der Waals surface area contributed by atoms with E-state index in [1.54, 1.807) is 6.92 Å². The van der Waals surface area contributed by atoms with E-state index in [-0.39, 0.29) is 13.0 Å². The van der Waals surface area contributed by atoms with Crippen LogP contribution in [-0.2, 0) is 6.42 Å². The van der Waals surface area contributed by atoms with Crippen LogP contribution in [-0.4, -0.2) is 27.4 Å². The van der Waals surface area contributed by atoms with Crippen LogP contribution in [0.4, 0.5) is 0 Å². The van der Waals surface area contributed by atoms with Gasteiger partial charge < -0.3 is 15.4 Å². The number of aliphatic hydroxyl groups is 1. The summed E-state index contributed by atoms with van der Waals surface area (Å²) in [6.07, 6.45) is 0.240. The van der Waals surface area contributed by atoms with Gasteiger partial charge in [-0.15, -0.1) is 0 Å². The van der Waals surface area contributed by atoms with Crippen molar-refractivity contribution < 1.29 is 9.63 Å². The third-order valence-electron chi connectivity index (χ3n) is 2.87. The fraction of sp³-hybridized carbons (Fsp3) is 0.385. The number of aromatic nitrogens is 2. The monoisotopic (exact) mass is 325 g/mol. The number of halogens is 1. The number of nitrogens with two attached hydrogens (primary N) is 1. The highest BCUT2D eigenvalue weighted by Crippen LogP contribution is 2.24. The van der Waals surface area contributed by atoms with Gasteiger partial charge in [0.1, 0.15) is 0 Å². The summed E-state index contributed by atoms with van der Waals surface area (Å²) in [5, 5.41) is 13.8. The summed E-state index contributed by atoms with van der Waals surface area (Å²) in [5.74, 6) is 0.880. The number of hydrogen-bond donors (Lipinski definition) is 2. The van der Waals surface area contributed by atoms with Crippen LogP contribution in [0.5, 0.6) is 0 Å². The molecule has 5 nitrogen and oxygen atoms in total. The summed E-state index contributed by atoms with van der Waals surface area (Å²) in [6, 6.07) is 5.84. The molecule has 0 saturated heterocycles. The second kappa shape index (κ2) is 5.40. The summed E-state index contributed by atoms with van der Waals surface area (Å²) in [7, 11) is 0. The van der Waals surface area contributed by atoms with Crippen LogP contribution in [0.15, 0.2) is 27.2 Å². The minimum Gasteiger partial charge on any atom is -0.388 e. The standard InChI is InChI=1S/C13H16BrN3O2/c1-8-3-4-9(5-10(8)14)12-16-11(19-17-12)6-13(2,18)7-15/h3-5,18H,6-7,15H2,1-2H3. The molecule has 0 radical (unpaired) electrons. The van der Waals surface area contributed by atoms with Crippen molar-refractivity contribution in [3.05, 3.63) is 34.1 Å². The van der Waals surface area contributed by atoms with Gasteiger partial charge in [-0.25, -0.2) is 0 Å². The first-order chi connectivity index (χ1) is 8.91. The average Bonchev–Trinajstić information content (AvgIpc) is 2.80. The second-order valence-electron chi connectivity index (χ2n) is 4.85. The third-order valence-corrected chi connectivity index (χ3v) is 3.72. The van der Waals surface area contributed by atoms with Crippen molar-refractivity contribution >= 4 is 15.9 Å². The minimum atomic E-state index is -1.03. The van der Waals surface area contributed by atoms with Gasteiger partial charge in [0.05, 0.1) is 12.0 Å². The molecule has 1 aromatic carbocycles. The molecule has 0 spiro atoms. The van der Waals surface area contributed by atoms with Gasteiger partial charge in [-0.05, 0) is 25.5 Å². The Morgan fingerprint density at radius 1 is 1.47 bits per heavy atom. The molecule has 102 valence electrons. The molecule has 2 aromatic rings. The highest BCUT2D eigenvalue weighted by atomic mass is 79.9. The quantitative estimate of drug-likeness (QED) is 0.898. The van der Waals surface area contributed by atoms with E-state index in [2.05, 4.69) is 26.1 Å². The van der Waals surface area contributed by atoms with E-state index in [1.165, 1.54) is 0 Å². The van der Waals surface area contributed by atoms with Gasteiger partial charge in [0, 0.05) is 16.6 Å². The van der Waals surface area contributed by atoms with Crippen molar-refractivity contribution in [1.29, 1.82) is 0 Å². The zero-order chi connectivity index (χ0) is 14.0. The van der Waals surface area contributed by atoms with E-state index >= 15 is 0 Å². The van der Waals surface area contributed by atoms with Crippen LogP contribution < -0.4 is 5.73 Å². The Hall–Kier alpha value is -1.24. The lowest BCUT2D eigenvalue weighted by molar-refractivity contribution is 0.0610. The third kappa shape index (κ3) is 3.40. The molecule has 6 heteroatoms. The molecular formula is C13H16BrN3O2. The highest BCUT2D eigenvalue weighted by molar-refractivity contribution is 9.10. The SMILES string of the molecule is Cc1ccc(-c2noc(CC(C)(O)CN)n2)cc1Br. The maximum absolute atomic E-state index is 9.88. The number of aryl methyl sites for hydroxylation is 1. The van der Waals surface area contributed by atoms with Crippen LogP contribution in [0, 0.1) is 6.92 Å². The summed E-state index contributed by atoms with van der Waals surface area (Å²) in [5.41, 5.74) is 6.43. The van der Waals surface area contributed by atoms with E-state index in [0.29, 0.717) is 11.7 Å². The molecule has 19 heavy (non-hydrogen) atoms. The highest BCUT2D eigenvalue weighted by Gasteiger charge is 2.22. The summed E-state index contributed by atoms with van der Waals surface area (Å²) < 4.78 is 6.13. The summed E-state index contributed by atoms with van der Waals surface area (Å²) in [4.78, 5) is 4.27. The molecular weight excluding hydrogens is 310 g/mol. The second-order valence-corrected chi connectivity index (χ2v) is 5.71. The fourth-order valence-corrected chi connectivity index (χ4v) is 1.95. The van der Waals surface area contributed by atoms with Crippen molar-refractivity contribution in [3.63, 3.8) is 0 Å². The summed E-state index contributed by atoms with van der Waals surface area (Å²) in [6.45, 7) is 3.79. The van der Waals surface area contributed by atoms with Gasteiger partial charge in [-0.3, -0.25) is 0 Å². The Morgan fingerprint density at radius 3 is 2.84 bits per heavy atom. The molecule has 0 bridgehead atoms. The fourth-order valence-electron chi connectivity index (χ4n) is 1.57. The van der Waals surface area contributed by atoms with Gasteiger partial charge in [0.2, 0.25) is 11.7 Å². The predicted octanol–water partition coefficient (Wildman–Crippen LogP) is 2.06. The normalized spacial score (nSPS) is 14.4. The van der Waals surface area contributed by atoms with Crippen LogP contribution in [0.25, 0.3) is 11.4 Å². The van der Waals surface area contributed by atoms with E-state index in [4.69, 9.17) is 10.3 Å². The lowest BCUT2D eigenvalue weighted by Gasteiger charge is -2.17. The van der Waals surface area contributed by atoms with Crippen LogP contribution >= 0.6 is 15.9 Å². The van der Waals surface area contributed by atoms with Crippen LogP contribution in [0.2, 0.25) is 0 Å². The lowest BCUT2D eigenvalue weighted by Crippen LogP contribution is -2.36. The van der Waals surface area contributed by atoms with Gasteiger partial charge in [-0.2, -0.15) is 4.98 Å². The molecule has 3 N–H and O–H groups in total. The molecule has 1 atom stereocenters. The minimum absolute atomic E-state index is 0.140. The van der Waals surface area contributed by atoms with Crippen LogP contribution in [0.1, 0.15) is 18.4 Å². The van der Waals surface area contributed by atoms with Crippen LogP contribution in [0.3, 0.4) is 0 Å². The van der Waals surface area contributed by atoms with E-state index < -0.39 is 5.60 Å². The Bertz CT molecular complexity index is 581. The molecule has 2 rings (SSSR count). The number of benzene rings is 1. The first-order valence-corrected chi connectivity index (χ1v) is 6.72. The van der Waals surface area contributed by atoms with Crippen molar-refractivity contribution in [2.45, 2.75) is 25.9 Å². The molecule has 0 aliphatic rings.